The van der Waals surface area contributed by atoms with E-state index in [0.717, 1.165) is 47.9 Å². The van der Waals surface area contributed by atoms with Crippen molar-refractivity contribution in [3.63, 3.8) is 0 Å². The number of nitrogens with zero attached hydrogens (tertiary/aromatic N) is 3. The number of aryl methyl sites for hydroxylation is 2. The van der Waals surface area contributed by atoms with E-state index in [2.05, 4.69) is 44.6 Å². The van der Waals surface area contributed by atoms with Crippen molar-refractivity contribution in [2.75, 3.05) is 11.4 Å². The Morgan fingerprint density at radius 1 is 1.09 bits per heavy atom. The Kier molecular flexibility index (Phi) is 6.48. The fraction of sp³-hybridized carbons (Fsp3) is 0.250. The van der Waals surface area contributed by atoms with E-state index in [9.17, 15) is 4.79 Å². The molecule has 0 unspecified atom stereocenters. The lowest BCUT2D eigenvalue weighted by Gasteiger charge is -2.29. The highest BCUT2D eigenvalue weighted by Gasteiger charge is 2.17. The van der Waals surface area contributed by atoms with Crippen molar-refractivity contribution >= 4 is 11.7 Å². The standard InChI is InChI=1S/C28H28N4O3/c1-19-26(20(2)35-31-19)18-34-25-9-5-8-23(14-25)28(33)30-16-21-10-11-27(29-15-21)32-13-12-22-6-3-4-7-24(22)17-32/h3-11,14-15H,12-13,16-18H2,1-2H3,(H,30,33). The van der Waals surface area contributed by atoms with Crippen molar-refractivity contribution < 1.29 is 14.1 Å². The van der Waals surface area contributed by atoms with Crippen molar-refractivity contribution in [2.45, 2.75) is 40.0 Å². The number of fused-ring (bicyclic) bond motifs is 1. The molecule has 2 aromatic heterocycles. The summed E-state index contributed by atoms with van der Waals surface area (Å²) in [5, 5.41) is 6.91. The second-order valence-corrected chi connectivity index (χ2v) is 8.77. The van der Waals surface area contributed by atoms with Gasteiger partial charge in [-0.25, -0.2) is 4.98 Å². The lowest BCUT2D eigenvalue weighted by atomic mass is 10.00. The monoisotopic (exact) mass is 468 g/mol. The fourth-order valence-electron chi connectivity index (χ4n) is 4.27. The van der Waals surface area contributed by atoms with Gasteiger partial charge in [0.1, 0.15) is 23.9 Å². The Labute approximate surface area is 204 Å². The second kappa shape index (κ2) is 10.0. The summed E-state index contributed by atoms with van der Waals surface area (Å²) in [4.78, 5) is 19.7. The molecule has 3 heterocycles. The second-order valence-electron chi connectivity index (χ2n) is 8.77. The van der Waals surface area contributed by atoms with Crippen LogP contribution in [0.3, 0.4) is 0 Å². The zero-order valence-corrected chi connectivity index (χ0v) is 20.0. The average Bonchev–Trinajstić information content (AvgIpc) is 3.23. The van der Waals surface area contributed by atoms with Gasteiger partial charge in [-0.05, 0) is 61.2 Å². The van der Waals surface area contributed by atoms with Crippen LogP contribution in [-0.4, -0.2) is 22.6 Å². The Bertz CT molecular complexity index is 1310. The van der Waals surface area contributed by atoms with E-state index in [1.54, 1.807) is 12.1 Å². The van der Waals surface area contributed by atoms with Crippen LogP contribution in [0.5, 0.6) is 5.75 Å². The van der Waals surface area contributed by atoms with Crippen LogP contribution in [0.25, 0.3) is 0 Å². The number of nitrogens with one attached hydrogen (secondary N) is 1. The van der Waals surface area contributed by atoms with Gasteiger partial charge in [-0.1, -0.05) is 41.6 Å². The molecule has 1 N–H and O–H groups in total. The minimum absolute atomic E-state index is 0.162. The summed E-state index contributed by atoms with van der Waals surface area (Å²) in [6.45, 7) is 6.30. The Hall–Kier alpha value is -4.13. The van der Waals surface area contributed by atoms with Crippen LogP contribution >= 0.6 is 0 Å². The van der Waals surface area contributed by atoms with Crippen molar-refractivity contribution in [3.8, 4) is 5.75 Å². The highest BCUT2D eigenvalue weighted by Crippen LogP contribution is 2.23. The van der Waals surface area contributed by atoms with Gasteiger partial charge in [0.25, 0.3) is 5.91 Å². The highest BCUT2D eigenvalue weighted by molar-refractivity contribution is 5.94. The van der Waals surface area contributed by atoms with Crippen LogP contribution < -0.4 is 15.0 Å². The molecule has 0 radical (unpaired) electrons. The van der Waals surface area contributed by atoms with E-state index < -0.39 is 0 Å². The number of anilines is 1. The maximum atomic E-state index is 12.7. The van der Waals surface area contributed by atoms with Crippen molar-refractivity contribution in [1.29, 1.82) is 0 Å². The van der Waals surface area contributed by atoms with Crippen LogP contribution in [0.15, 0.2) is 71.4 Å². The summed E-state index contributed by atoms with van der Waals surface area (Å²) in [5.41, 5.74) is 5.99. The van der Waals surface area contributed by atoms with E-state index in [-0.39, 0.29) is 5.91 Å². The van der Waals surface area contributed by atoms with Crippen molar-refractivity contribution in [1.82, 2.24) is 15.5 Å². The first kappa shape index (κ1) is 22.7. The maximum absolute atomic E-state index is 12.7. The minimum atomic E-state index is -0.162. The third-order valence-corrected chi connectivity index (χ3v) is 6.38. The SMILES string of the molecule is Cc1noc(C)c1COc1cccc(C(=O)NCc2ccc(N3CCc4ccccc4C3)nc2)c1. The first-order valence-electron chi connectivity index (χ1n) is 11.8. The minimum Gasteiger partial charge on any atom is -0.489 e. The largest absolute Gasteiger partial charge is 0.489 e. The number of carbonyl (C=O) groups is 1. The summed E-state index contributed by atoms with van der Waals surface area (Å²) in [6.07, 6.45) is 2.86. The van der Waals surface area contributed by atoms with Gasteiger partial charge in [0.05, 0.1) is 11.3 Å². The number of aromatic nitrogens is 2. The molecule has 4 aromatic rings. The van der Waals surface area contributed by atoms with Gasteiger partial charge >= 0.3 is 0 Å². The molecule has 7 nitrogen and oxygen atoms in total. The zero-order chi connectivity index (χ0) is 24.2. The molecule has 0 bridgehead atoms. The third-order valence-electron chi connectivity index (χ3n) is 6.38. The number of amides is 1. The molecular formula is C28H28N4O3. The van der Waals surface area contributed by atoms with Gasteiger partial charge < -0.3 is 19.5 Å². The Balaban J connectivity index is 1.16. The lowest BCUT2D eigenvalue weighted by molar-refractivity contribution is 0.0950. The van der Waals surface area contributed by atoms with Crippen LogP contribution in [-0.2, 0) is 26.1 Å². The normalized spacial score (nSPS) is 12.8. The molecule has 7 heteroatoms. The molecule has 0 saturated heterocycles. The number of hydrogen-bond donors (Lipinski definition) is 1. The van der Waals surface area contributed by atoms with Crippen molar-refractivity contribution in [3.05, 3.63) is 106 Å². The molecular weight excluding hydrogens is 440 g/mol. The number of benzene rings is 2. The van der Waals surface area contributed by atoms with Gasteiger partial charge in [0.2, 0.25) is 0 Å². The van der Waals surface area contributed by atoms with Gasteiger partial charge in [0, 0.05) is 31.4 Å². The van der Waals surface area contributed by atoms with E-state index in [1.807, 2.05) is 44.3 Å². The zero-order valence-electron chi connectivity index (χ0n) is 20.0. The van der Waals surface area contributed by atoms with E-state index in [4.69, 9.17) is 9.26 Å². The van der Waals surface area contributed by atoms with Crippen molar-refractivity contribution in [2.24, 2.45) is 0 Å². The first-order valence-corrected chi connectivity index (χ1v) is 11.8. The summed E-state index contributed by atoms with van der Waals surface area (Å²) in [6, 6.07) is 19.8. The molecule has 1 aliphatic rings. The molecule has 35 heavy (non-hydrogen) atoms. The number of rotatable bonds is 7. The van der Waals surface area contributed by atoms with Crippen LogP contribution in [0.2, 0.25) is 0 Å². The predicted octanol–water partition coefficient (Wildman–Crippen LogP) is 4.76. The molecule has 5 rings (SSSR count). The third kappa shape index (κ3) is 5.19. The number of pyridine rings is 1. The molecule has 1 aliphatic heterocycles. The van der Waals surface area contributed by atoms with Gasteiger partial charge in [-0.2, -0.15) is 0 Å². The molecule has 0 saturated carbocycles. The predicted molar refractivity (Wildman–Crippen MR) is 133 cm³/mol. The summed E-state index contributed by atoms with van der Waals surface area (Å²) in [5.74, 6) is 2.15. The Morgan fingerprint density at radius 3 is 2.71 bits per heavy atom. The van der Waals surface area contributed by atoms with E-state index in [1.165, 1.54) is 11.1 Å². The molecule has 2 aromatic carbocycles. The smallest absolute Gasteiger partial charge is 0.251 e. The van der Waals surface area contributed by atoms with E-state index >= 15 is 0 Å². The average molecular weight is 469 g/mol. The topological polar surface area (TPSA) is 80.5 Å². The number of carbonyl (C=O) groups excluding carboxylic acids is 1. The summed E-state index contributed by atoms with van der Waals surface area (Å²) < 4.78 is 11.0. The highest BCUT2D eigenvalue weighted by atomic mass is 16.5. The fourth-order valence-corrected chi connectivity index (χ4v) is 4.27. The molecule has 178 valence electrons. The quantitative estimate of drug-likeness (QED) is 0.421. The van der Waals surface area contributed by atoms with Crippen LogP contribution in [0, 0.1) is 13.8 Å². The van der Waals surface area contributed by atoms with Crippen LogP contribution in [0.4, 0.5) is 5.82 Å². The summed E-state index contributed by atoms with van der Waals surface area (Å²) >= 11 is 0. The van der Waals surface area contributed by atoms with Gasteiger partial charge in [-0.15, -0.1) is 0 Å². The first-order chi connectivity index (χ1) is 17.1. The maximum Gasteiger partial charge on any atom is 0.251 e. The Morgan fingerprint density at radius 2 is 1.94 bits per heavy atom. The van der Waals surface area contributed by atoms with Gasteiger partial charge in [0.15, 0.2) is 0 Å². The van der Waals surface area contributed by atoms with Crippen LogP contribution in [0.1, 0.15) is 44.1 Å². The lowest BCUT2D eigenvalue weighted by Crippen LogP contribution is -2.31. The molecule has 0 aliphatic carbocycles. The molecule has 0 atom stereocenters. The molecule has 1 amide bonds. The molecule has 0 spiro atoms. The summed E-state index contributed by atoms with van der Waals surface area (Å²) in [7, 11) is 0. The van der Waals surface area contributed by atoms with E-state index in [0.29, 0.717) is 24.5 Å². The molecule has 0 fully saturated rings. The number of ether oxygens (including phenoxy) is 1. The van der Waals surface area contributed by atoms with Gasteiger partial charge in [-0.3, -0.25) is 4.79 Å². The number of hydrogen-bond acceptors (Lipinski definition) is 6.